The largest absolute Gasteiger partial charge is 0.494 e. The van der Waals surface area contributed by atoms with Crippen LogP contribution in [0.15, 0.2) is 45.7 Å². The fourth-order valence-electron chi connectivity index (χ4n) is 2.46. The number of fused-ring (bicyclic) bond motifs is 1. The molecule has 5 nitrogen and oxygen atoms in total. The van der Waals surface area contributed by atoms with E-state index in [1.807, 2.05) is 42.6 Å². The highest BCUT2D eigenvalue weighted by atomic mass is 32.2. The first kappa shape index (κ1) is 18.8. The van der Waals surface area contributed by atoms with Gasteiger partial charge < -0.3 is 9.47 Å². The smallest absolute Gasteiger partial charge is 0.272 e. The maximum Gasteiger partial charge on any atom is 0.272 e. The summed E-state index contributed by atoms with van der Waals surface area (Å²) in [6.07, 6.45) is 0.990. The number of ether oxygens (including phenoxy) is 2. The molecule has 26 heavy (non-hydrogen) atoms. The predicted molar refractivity (Wildman–Crippen MR) is 108 cm³/mol. The molecule has 0 aliphatic heterocycles. The molecule has 3 rings (SSSR count). The maximum absolute atomic E-state index is 12.5. The van der Waals surface area contributed by atoms with Crippen LogP contribution in [-0.2, 0) is 6.54 Å². The predicted octanol–water partition coefficient (Wildman–Crippen LogP) is 4.44. The lowest BCUT2D eigenvalue weighted by Crippen LogP contribution is -2.21. The summed E-state index contributed by atoms with van der Waals surface area (Å²) in [4.78, 5) is 17.1. The summed E-state index contributed by atoms with van der Waals surface area (Å²) in [6, 6.07) is 9.54. The zero-order valence-electron chi connectivity index (χ0n) is 14.9. The van der Waals surface area contributed by atoms with Crippen LogP contribution >= 0.6 is 23.1 Å². The average molecular weight is 391 g/mol. The van der Waals surface area contributed by atoms with E-state index in [2.05, 4.69) is 11.9 Å². The Hall–Kier alpha value is -1.99. The van der Waals surface area contributed by atoms with Gasteiger partial charge in [0.2, 0.25) is 0 Å². The molecule has 0 spiro atoms. The number of thiophene rings is 1. The van der Waals surface area contributed by atoms with Gasteiger partial charge in [0.1, 0.15) is 16.2 Å². The SMILES string of the molecule is CCCOc1ccc(OCCSc2nc3ccsc3c(=O)n2CC)cc1. The zero-order valence-corrected chi connectivity index (χ0v) is 16.6. The Balaban J connectivity index is 1.56. The fourth-order valence-corrected chi connectivity index (χ4v) is 4.12. The molecule has 0 fully saturated rings. The molecule has 0 saturated carbocycles. The highest BCUT2D eigenvalue weighted by molar-refractivity contribution is 7.99. The van der Waals surface area contributed by atoms with Crippen molar-refractivity contribution in [1.82, 2.24) is 9.55 Å². The number of thioether (sulfide) groups is 1. The van der Waals surface area contributed by atoms with E-state index in [-0.39, 0.29) is 5.56 Å². The molecule has 2 aromatic heterocycles. The van der Waals surface area contributed by atoms with Crippen LogP contribution in [0.1, 0.15) is 20.3 Å². The fraction of sp³-hybridized carbons (Fsp3) is 0.368. The van der Waals surface area contributed by atoms with Crippen LogP contribution in [0.2, 0.25) is 0 Å². The molecule has 0 amide bonds. The molecule has 0 aliphatic rings. The third-order valence-corrected chi connectivity index (χ3v) is 5.56. The van der Waals surface area contributed by atoms with Gasteiger partial charge >= 0.3 is 0 Å². The first-order valence-corrected chi connectivity index (χ1v) is 10.6. The Morgan fingerprint density at radius 2 is 1.77 bits per heavy atom. The van der Waals surface area contributed by atoms with Crippen molar-refractivity contribution >= 4 is 33.3 Å². The zero-order chi connectivity index (χ0) is 18.4. The van der Waals surface area contributed by atoms with E-state index >= 15 is 0 Å². The van der Waals surface area contributed by atoms with Crippen LogP contribution in [0.5, 0.6) is 11.5 Å². The van der Waals surface area contributed by atoms with Crippen LogP contribution in [0, 0.1) is 0 Å². The van der Waals surface area contributed by atoms with Gasteiger partial charge in [-0.15, -0.1) is 11.3 Å². The number of hydrogen-bond acceptors (Lipinski definition) is 6. The summed E-state index contributed by atoms with van der Waals surface area (Å²) in [7, 11) is 0. The van der Waals surface area contributed by atoms with Crippen molar-refractivity contribution < 1.29 is 9.47 Å². The quantitative estimate of drug-likeness (QED) is 0.307. The molecule has 0 bridgehead atoms. The molecule has 3 aromatic rings. The summed E-state index contributed by atoms with van der Waals surface area (Å²) >= 11 is 2.99. The van der Waals surface area contributed by atoms with E-state index in [4.69, 9.17) is 9.47 Å². The molecule has 0 N–H and O–H groups in total. The van der Waals surface area contributed by atoms with E-state index in [1.54, 1.807) is 16.3 Å². The second kappa shape index (κ2) is 9.09. The Bertz CT molecular complexity index is 903. The second-order valence-corrected chi connectivity index (χ2v) is 7.57. The van der Waals surface area contributed by atoms with Crippen molar-refractivity contribution in [3.8, 4) is 11.5 Å². The maximum atomic E-state index is 12.5. The molecule has 1 aromatic carbocycles. The topological polar surface area (TPSA) is 53.4 Å². The number of hydrogen-bond donors (Lipinski definition) is 0. The molecule has 0 atom stereocenters. The first-order valence-electron chi connectivity index (χ1n) is 8.69. The van der Waals surface area contributed by atoms with E-state index in [0.29, 0.717) is 13.2 Å². The van der Waals surface area contributed by atoms with Gasteiger partial charge in [-0.1, -0.05) is 18.7 Å². The van der Waals surface area contributed by atoms with Crippen molar-refractivity contribution in [1.29, 1.82) is 0 Å². The van der Waals surface area contributed by atoms with Crippen molar-refractivity contribution in [2.75, 3.05) is 19.0 Å². The average Bonchev–Trinajstić information content (AvgIpc) is 3.13. The summed E-state index contributed by atoms with van der Waals surface area (Å²) in [5.74, 6) is 2.38. The third-order valence-electron chi connectivity index (χ3n) is 3.73. The molecule has 0 radical (unpaired) electrons. The van der Waals surface area contributed by atoms with Gasteiger partial charge in [-0.3, -0.25) is 9.36 Å². The van der Waals surface area contributed by atoms with E-state index < -0.39 is 0 Å². The minimum Gasteiger partial charge on any atom is -0.494 e. The van der Waals surface area contributed by atoms with Crippen LogP contribution in [0.4, 0.5) is 0 Å². The Morgan fingerprint density at radius 3 is 2.42 bits per heavy atom. The van der Waals surface area contributed by atoms with Gasteiger partial charge in [0.25, 0.3) is 5.56 Å². The van der Waals surface area contributed by atoms with Gasteiger partial charge in [0.05, 0.1) is 18.7 Å². The van der Waals surface area contributed by atoms with Crippen LogP contribution in [0.25, 0.3) is 10.2 Å². The lowest BCUT2D eigenvalue weighted by molar-refractivity contribution is 0.314. The van der Waals surface area contributed by atoms with Crippen molar-refractivity contribution in [2.24, 2.45) is 0 Å². The van der Waals surface area contributed by atoms with Crippen LogP contribution < -0.4 is 15.0 Å². The van der Waals surface area contributed by atoms with E-state index in [9.17, 15) is 4.79 Å². The van der Waals surface area contributed by atoms with Crippen LogP contribution in [0.3, 0.4) is 0 Å². The number of nitrogens with zero attached hydrogens (tertiary/aromatic N) is 2. The van der Waals surface area contributed by atoms with Gasteiger partial charge in [0.15, 0.2) is 5.16 Å². The van der Waals surface area contributed by atoms with Gasteiger partial charge in [-0.05, 0) is 49.1 Å². The van der Waals surface area contributed by atoms with E-state index in [0.717, 1.165) is 45.7 Å². The lowest BCUT2D eigenvalue weighted by Gasteiger charge is -2.11. The standard InChI is InChI=1S/C19H22N2O3S2/c1-3-10-23-14-5-7-15(8-6-14)24-11-13-26-19-20-16-9-12-25-17(16)18(22)21(19)4-2/h5-9,12H,3-4,10-11,13H2,1-2H3. The molecular weight excluding hydrogens is 368 g/mol. The number of rotatable bonds is 9. The molecule has 0 aliphatic carbocycles. The van der Waals surface area contributed by atoms with Crippen molar-refractivity contribution in [3.05, 3.63) is 46.1 Å². The summed E-state index contributed by atoms with van der Waals surface area (Å²) < 4.78 is 13.8. The van der Waals surface area contributed by atoms with Gasteiger partial charge in [-0.25, -0.2) is 4.98 Å². The highest BCUT2D eigenvalue weighted by Crippen LogP contribution is 2.22. The highest BCUT2D eigenvalue weighted by Gasteiger charge is 2.11. The minimum absolute atomic E-state index is 0.0404. The van der Waals surface area contributed by atoms with Crippen molar-refractivity contribution in [3.63, 3.8) is 0 Å². The third kappa shape index (κ3) is 4.40. The molecule has 2 heterocycles. The molecule has 0 saturated heterocycles. The minimum atomic E-state index is 0.0404. The molecule has 138 valence electrons. The summed E-state index contributed by atoms with van der Waals surface area (Å²) in [5.41, 5.74) is 0.814. The Kier molecular flexibility index (Phi) is 6.57. The van der Waals surface area contributed by atoms with Gasteiger partial charge in [-0.2, -0.15) is 0 Å². The van der Waals surface area contributed by atoms with E-state index in [1.165, 1.54) is 11.3 Å². The second-order valence-electron chi connectivity index (χ2n) is 5.60. The molecule has 7 heteroatoms. The van der Waals surface area contributed by atoms with Crippen LogP contribution in [-0.4, -0.2) is 28.5 Å². The molecule has 0 unspecified atom stereocenters. The Morgan fingerprint density at radius 1 is 1.08 bits per heavy atom. The van der Waals surface area contributed by atoms with Crippen molar-refractivity contribution in [2.45, 2.75) is 32.0 Å². The molecular formula is C19H22N2O3S2. The lowest BCUT2D eigenvalue weighted by atomic mass is 10.3. The Labute approximate surface area is 161 Å². The first-order chi connectivity index (χ1) is 12.7. The number of aromatic nitrogens is 2. The van der Waals surface area contributed by atoms with Gasteiger partial charge in [0, 0.05) is 12.3 Å². The summed E-state index contributed by atoms with van der Waals surface area (Å²) in [6.45, 7) is 5.92. The monoisotopic (exact) mass is 390 g/mol. The normalized spacial score (nSPS) is 11.0. The summed E-state index contributed by atoms with van der Waals surface area (Å²) in [5, 5.41) is 2.65. The number of benzene rings is 1.